The fraction of sp³-hybridized carbons (Fsp3) is 0.409. The predicted molar refractivity (Wildman–Crippen MR) is 98.7 cm³/mol. The fourth-order valence-corrected chi connectivity index (χ4v) is 3.67. The Kier molecular flexibility index (Phi) is 5.87. The molecule has 0 spiro atoms. The molecular formula is C22H26O3. The van der Waals surface area contributed by atoms with E-state index in [0.717, 1.165) is 18.4 Å². The van der Waals surface area contributed by atoms with Gasteiger partial charge in [-0.15, -0.1) is 0 Å². The summed E-state index contributed by atoms with van der Waals surface area (Å²) < 4.78 is 11.5. The van der Waals surface area contributed by atoms with E-state index in [-0.39, 0.29) is 12.1 Å². The van der Waals surface area contributed by atoms with E-state index in [9.17, 15) is 4.79 Å². The molecule has 0 amide bonds. The first-order chi connectivity index (χ1) is 12.2. The highest BCUT2D eigenvalue weighted by Gasteiger charge is 2.30. The zero-order chi connectivity index (χ0) is 17.6. The number of aryl methyl sites for hydroxylation is 1. The Balaban J connectivity index is 1.69. The average molecular weight is 338 g/mol. The van der Waals surface area contributed by atoms with Crippen molar-refractivity contribution in [3.05, 3.63) is 71.3 Å². The van der Waals surface area contributed by atoms with Gasteiger partial charge in [0.1, 0.15) is 5.92 Å². The SMILES string of the molecule is CCOC(=O)C(c1ccccc1)C(C)OCC1CCc2ccccc21. The normalized spacial score (nSPS) is 18.4. The molecule has 3 rings (SSSR count). The van der Waals surface area contributed by atoms with Crippen LogP contribution >= 0.6 is 0 Å². The first-order valence-corrected chi connectivity index (χ1v) is 9.11. The molecule has 132 valence electrons. The molecule has 0 saturated carbocycles. The van der Waals surface area contributed by atoms with Gasteiger partial charge in [-0.05, 0) is 43.4 Å². The van der Waals surface area contributed by atoms with Gasteiger partial charge in [-0.3, -0.25) is 4.79 Å². The van der Waals surface area contributed by atoms with Crippen molar-refractivity contribution in [3.8, 4) is 0 Å². The van der Waals surface area contributed by atoms with Gasteiger partial charge in [0, 0.05) is 5.92 Å². The van der Waals surface area contributed by atoms with Gasteiger partial charge >= 0.3 is 5.97 Å². The van der Waals surface area contributed by atoms with Gasteiger partial charge in [0.2, 0.25) is 0 Å². The number of benzene rings is 2. The molecule has 0 radical (unpaired) electrons. The zero-order valence-corrected chi connectivity index (χ0v) is 15.0. The minimum absolute atomic E-state index is 0.215. The quantitative estimate of drug-likeness (QED) is 0.699. The minimum atomic E-state index is -0.391. The molecule has 1 aliphatic rings. The average Bonchev–Trinajstić information content (AvgIpc) is 3.04. The molecular weight excluding hydrogens is 312 g/mol. The Morgan fingerprint density at radius 3 is 2.60 bits per heavy atom. The van der Waals surface area contributed by atoms with Crippen molar-refractivity contribution in [2.75, 3.05) is 13.2 Å². The molecule has 25 heavy (non-hydrogen) atoms. The van der Waals surface area contributed by atoms with Crippen LogP contribution in [0.3, 0.4) is 0 Å². The van der Waals surface area contributed by atoms with Crippen molar-refractivity contribution < 1.29 is 14.3 Å². The zero-order valence-electron chi connectivity index (χ0n) is 15.0. The summed E-state index contributed by atoms with van der Waals surface area (Å²) in [6.07, 6.45) is 1.99. The van der Waals surface area contributed by atoms with Crippen LogP contribution in [0.2, 0.25) is 0 Å². The summed E-state index contributed by atoms with van der Waals surface area (Å²) >= 11 is 0. The maximum atomic E-state index is 12.5. The molecule has 0 aliphatic heterocycles. The van der Waals surface area contributed by atoms with E-state index in [1.54, 1.807) is 0 Å². The highest BCUT2D eigenvalue weighted by atomic mass is 16.5. The largest absolute Gasteiger partial charge is 0.465 e. The van der Waals surface area contributed by atoms with Crippen LogP contribution in [0, 0.1) is 0 Å². The first-order valence-electron chi connectivity index (χ1n) is 9.11. The predicted octanol–water partition coefficient (Wildman–Crippen LogP) is 4.47. The van der Waals surface area contributed by atoms with E-state index in [2.05, 4.69) is 24.3 Å². The summed E-state index contributed by atoms with van der Waals surface area (Å²) in [5.41, 5.74) is 3.76. The van der Waals surface area contributed by atoms with E-state index in [4.69, 9.17) is 9.47 Å². The van der Waals surface area contributed by atoms with Crippen LogP contribution in [-0.4, -0.2) is 25.3 Å². The summed E-state index contributed by atoms with van der Waals surface area (Å²) in [6, 6.07) is 18.3. The van der Waals surface area contributed by atoms with Crippen LogP contribution in [0.4, 0.5) is 0 Å². The van der Waals surface area contributed by atoms with E-state index < -0.39 is 5.92 Å². The number of carbonyl (C=O) groups excluding carboxylic acids is 1. The summed E-state index contributed by atoms with van der Waals surface area (Å²) in [5, 5.41) is 0. The Labute approximate surface area is 150 Å². The number of rotatable bonds is 7. The standard InChI is InChI=1S/C22H26O3/c1-3-24-22(23)21(18-10-5-4-6-11-18)16(2)25-15-19-14-13-17-9-7-8-12-20(17)19/h4-12,16,19,21H,3,13-15H2,1-2H3. The van der Waals surface area contributed by atoms with E-state index in [0.29, 0.717) is 19.1 Å². The molecule has 0 heterocycles. The van der Waals surface area contributed by atoms with E-state index in [1.165, 1.54) is 11.1 Å². The monoisotopic (exact) mass is 338 g/mol. The maximum Gasteiger partial charge on any atom is 0.316 e. The lowest BCUT2D eigenvalue weighted by Gasteiger charge is -2.24. The lowest BCUT2D eigenvalue weighted by molar-refractivity contribution is -0.148. The smallest absolute Gasteiger partial charge is 0.316 e. The third kappa shape index (κ3) is 4.10. The van der Waals surface area contributed by atoms with Crippen molar-refractivity contribution in [1.82, 2.24) is 0 Å². The van der Waals surface area contributed by atoms with Crippen LogP contribution < -0.4 is 0 Å². The van der Waals surface area contributed by atoms with Gasteiger partial charge < -0.3 is 9.47 Å². The second kappa shape index (κ2) is 8.30. The van der Waals surface area contributed by atoms with Crippen molar-refractivity contribution in [3.63, 3.8) is 0 Å². The molecule has 0 aromatic heterocycles. The fourth-order valence-electron chi connectivity index (χ4n) is 3.67. The molecule has 1 aliphatic carbocycles. The first kappa shape index (κ1) is 17.7. The lowest BCUT2D eigenvalue weighted by Crippen LogP contribution is -2.29. The lowest BCUT2D eigenvalue weighted by atomic mass is 9.94. The Hall–Kier alpha value is -2.13. The molecule has 3 nitrogen and oxygen atoms in total. The summed E-state index contributed by atoms with van der Waals surface area (Å²) in [7, 11) is 0. The summed E-state index contributed by atoms with van der Waals surface area (Å²) in [6.45, 7) is 4.82. The van der Waals surface area contributed by atoms with Crippen molar-refractivity contribution in [1.29, 1.82) is 0 Å². The van der Waals surface area contributed by atoms with E-state index in [1.807, 2.05) is 44.2 Å². The molecule has 0 N–H and O–H groups in total. The number of carbonyl (C=O) groups is 1. The van der Waals surface area contributed by atoms with Gasteiger partial charge in [0.05, 0.1) is 19.3 Å². The Morgan fingerprint density at radius 1 is 1.12 bits per heavy atom. The third-order valence-electron chi connectivity index (χ3n) is 4.99. The molecule has 2 aromatic rings. The highest BCUT2D eigenvalue weighted by molar-refractivity contribution is 5.78. The van der Waals surface area contributed by atoms with Crippen LogP contribution in [0.1, 0.15) is 48.8 Å². The van der Waals surface area contributed by atoms with Crippen molar-refractivity contribution in [2.24, 2.45) is 0 Å². The van der Waals surface area contributed by atoms with Gasteiger partial charge in [-0.2, -0.15) is 0 Å². The van der Waals surface area contributed by atoms with Crippen molar-refractivity contribution >= 4 is 5.97 Å². The molecule has 3 unspecified atom stereocenters. The van der Waals surface area contributed by atoms with E-state index >= 15 is 0 Å². The Bertz CT molecular complexity index is 695. The number of fused-ring (bicyclic) bond motifs is 1. The van der Waals surface area contributed by atoms with Gasteiger partial charge in [0.25, 0.3) is 0 Å². The molecule has 2 aromatic carbocycles. The highest BCUT2D eigenvalue weighted by Crippen LogP contribution is 2.34. The Morgan fingerprint density at radius 2 is 1.84 bits per heavy atom. The number of esters is 1. The van der Waals surface area contributed by atoms with Gasteiger partial charge in [-0.1, -0.05) is 54.6 Å². The molecule has 3 atom stereocenters. The number of hydrogen-bond acceptors (Lipinski definition) is 3. The van der Waals surface area contributed by atoms with Crippen LogP contribution in [0.25, 0.3) is 0 Å². The minimum Gasteiger partial charge on any atom is -0.465 e. The second-order valence-corrected chi connectivity index (χ2v) is 6.61. The summed E-state index contributed by atoms with van der Waals surface area (Å²) in [5.74, 6) is -0.192. The third-order valence-corrected chi connectivity index (χ3v) is 4.99. The molecule has 0 fully saturated rings. The number of ether oxygens (including phenoxy) is 2. The van der Waals surface area contributed by atoms with Crippen LogP contribution in [-0.2, 0) is 20.7 Å². The number of hydrogen-bond donors (Lipinski definition) is 0. The van der Waals surface area contributed by atoms with Gasteiger partial charge in [-0.25, -0.2) is 0 Å². The second-order valence-electron chi connectivity index (χ2n) is 6.61. The van der Waals surface area contributed by atoms with Crippen LogP contribution in [0.15, 0.2) is 54.6 Å². The summed E-state index contributed by atoms with van der Waals surface area (Å²) in [4.78, 5) is 12.5. The maximum absolute atomic E-state index is 12.5. The molecule has 0 bridgehead atoms. The molecule has 3 heteroatoms. The molecule has 0 saturated heterocycles. The topological polar surface area (TPSA) is 35.5 Å². The van der Waals surface area contributed by atoms with Crippen LogP contribution in [0.5, 0.6) is 0 Å². The van der Waals surface area contributed by atoms with Gasteiger partial charge in [0.15, 0.2) is 0 Å². The van der Waals surface area contributed by atoms with Crippen molar-refractivity contribution in [2.45, 2.75) is 44.6 Å².